The first-order chi connectivity index (χ1) is 12.6. The number of amides is 1. The molecule has 0 bridgehead atoms. The van der Waals surface area contributed by atoms with Crippen LogP contribution in [0.2, 0.25) is 0 Å². The lowest BCUT2D eigenvalue weighted by atomic mass is 10.2. The predicted molar refractivity (Wildman–Crippen MR) is 97.0 cm³/mol. The molecule has 0 spiro atoms. The maximum absolute atomic E-state index is 12.4. The first kappa shape index (κ1) is 17.3. The van der Waals surface area contributed by atoms with Gasteiger partial charge in [0.15, 0.2) is 0 Å². The van der Waals surface area contributed by atoms with Crippen LogP contribution >= 0.6 is 0 Å². The van der Waals surface area contributed by atoms with Crippen molar-refractivity contribution in [1.29, 1.82) is 0 Å². The van der Waals surface area contributed by atoms with Gasteiger partial charge in [-0.2, -0.15) is 0 Å². The fraction of sp³-hybridized carbons (Fsp3) is 0.158. The van der Waals surface area contributed by atoms with E-state index in [1.54, 1.807) is 43.3 Å². The van der Waals surface area contributed by atoms with Gasteiger partial charge in [-0.05, 0) is 37.3 Å². The van der Waals surface area contributed by atoms with Crippen molar-refractivity contribution < 1.29 is 14.3 Å². The first-order valence-electron chi connectivity index (χ1n) is 8.10. The van der Waals surface area contributed by atoms with Gasteiger partial charge in [0.2, 0.25) is 5.91 Å². The Morgan fingerprint density at radius 2 is 1.96 bits per heavy atom. The number of rotatable bonds is 5. The third-order valence-corrected chi connectivity index (χ3v) is 3.71. The van der Waals surface area contributed by atoms with Gasteiger partial charge < -0.3 is 10.1 Å². The molecule has 0 aliphatic heterocycles. The number of ether oxygens (including phenoxy) is 1. The summed E-state index contributed by atoms with van der Waals surface area (Å²) in [4.78, 5) is 40.3. The van der Waals surface area contributed by atoms with Gasteiger partial charge in [0.1, 0.15) is 6.54 Å². The molecule has 0 radical (unpaired) electrons. The zero-order valence-electron chi connectivity index (χ0n) is 14.1. The van der Waals surface area contributed by atoms with Crippen molar-refractivity contribution in [3.8, 4) is 0 Å². The van der Waals surface area contributed by atoms with Crippen LogP contribution in [0.4, 0.5) is 5.69 Å². The molecule has 0 fully saturated rings. The minimum Gasteiger partial charge on any atom is -0.462 e. The maximum atomic E-state index is 12.4. The summed E-state index contributed by atoms with van der Waals surface area (Å²) in [5, 5.41) is 2.69. The zero-order valence-corrected chi connectivity index (χ0v) is 14.1. The van der Waals surface area contributed by atoms with Gasteiger partial charge in [0.25, 0.3) is 5.56 Å². The summed E-state index contributed by atoms with van der Waals surface area (Å²) in [5.41, 5.74) is 1.64. The summed E-state index contributed by atoms with van der Waals surface area (Å²) in [5.74, 6) is -0.843. The number of para-hydroxylation sites is 2. The highest BCUT2D eigenvalue weighted by Crippen LogP contribution is 2.13. The van der Waals surface area contributed by atoms with Crippen molar-refractivity contribution in [2.75, 3.05) is 11.9 Å². The Bertz CT molecular complexity index is 1030. The molecule has 0 atom stereocenters. The van der Waals surface area contributed by atoms with Crippen molar-refractivity contribution in [3.05, 3.63) is 70.6 Å². The first-order valence-corrected chi connectivity index (χ1v) is 8.10. The number of benzene rings is 2. The van der Waals surface area contributed by atoms with E-state index in [2.05, 4.69) is 10.3 Å². The number of nitrogens with one attached hydrogen (secondary N) is 1. The SMILES string of the molecule is CCOC(=O)c1cccc(NC(=O)Cn2c(=O)cnc3ccccc32)c1. The van der Waals surface area contributed by atoms with Gasteiger partial charge in [-0.3, -0.25) is 14.2 Å². The molecule has 0 aliphatic rings. The highest BCUT2D eigenvalue weighted by molar-refractivity contribution is 5.94. The highest BCUT2D eigenvalue weighted by Gasteiger charge is 2.11. The molecule has 26 heavy (non-hydrogen) atoms. The smallest absolute Gasteiger partial charge is 0.338 e. The Kier molecular flexibility index (Phi) is 5.07. The van der Waals surface area contributed by atoms with Gasteiger partial charge in [-0.25, -0.2) is 9.78 Å². The van der Waals surface area contributed by atoms with Crippen molar-refractivity contribution in [2.45, 2.75) is 13.5 Å². The number of carbonyl (C=O) groups excluding carboxylic acids is 2. The normalized spacial score (nSPS) is 10.5. The Balaban J connectivity index is 1.80. The lowest BCUT2D eigenvalue weighted by Gasteiger charge is -2.10. The van der Waals surface area contributed by atoms with E-state index in [9.17, 15) is 14.4 Å². The van der Waals surface area contributed by atoms with Crippen molar-refractivity contribution >= 4 is 28.6 Å². The minimum absolute atomic E-state index is 0.161. The van der Waals surface area contributed by atoms with Crippen molar-refractivity contribution in [2.24, 2.45) is 0 Å². The lowest BCUT2D eigenvalue weighted by molar-refractivity contribution is -0.116. The van der Waals surface area contributed by atoms with E-state index in [1.807, 2.05) is 6.07 Å². The lowest BCUT2D eigenvalue weighted by Crippen LogP contribution is -2.28. The Labute approximate surface area is 149 Å². The topological polar surface area (TPSA) is 90.3 Å². The number of esters is 1. The van der Waals surface area contributed by atoms with Gasteiger partial charge in [-0.15, -0.1) is 0 Å². The van der Waals surface area contributed by atoms with Crippen molar-refractivity contribution in [3.63, 3.8) is 0 Å². The molecule has 1 heterocycles. The van der Waals surface area contributed by atoms with Crippen LogP contribution in [0.25, 0.3) is 11.0 Å². The van der Waals surface area contributed by atoms with E-state index in [0.717, 1.165) is 0 Å². The summed E-state index contributed by atoms with van der Waals surface area (Å²) in [7, 11) is 0. The summed E-state index contributed by atoms with van der Waals surface area (Å²) in [6.07, 6.45) is 1.19. The van der Waals surface area contributed by atoms with Gasteiger partial charge >= 0.3 is 5.97 Å². The largest absolute Gasteiger partial charge is 0.462 e. The van der Waals surface area contributed by atoms with E-state index in [1.165, 1.54) is 16.8 Å². The molecular weight excluding hydrogens is 334 g/mol. The van der Waals surface area contributed by atoms with Crippen molar-refractivity contribution in [1.82, 2.24) is 9.55 Å². The molecule has 0 saturated heterocycles. The Morgan fingerprint density at radius 1 is 1.15 bits per heavy atom. The molecule has 7 nitrogen and oxygen atoms in total. The molecule has 132 valence electrons. The molecular formula is C19H17N3O4. The van der Waals surface area contributed by atoms with Crippen LogP contribution in [0, 0.1) is 0 Å². The second kappa shape index (κ2) is 7.60. The fourth-order valence-electron chi connectivity index (χ4n) is 2.56. The van der Waals surface area contributed by atoms with Crippen LogP contribution in [-0.4, -0.2) is 28.0 Å². The maximum Gasteiger partial charge on any atom is 0.338 e. The van der Waals surface area contributed by atoms with E-state index < -0.39 is 5.97 Å². The molecule has 3 aromatic rings. The highest BCUT2D eigenvalue weighted by atomic mass is 16.5. The second-order valence-corrected chi connectivity index (χ2v) is 5.52. The van der Waals surface area contributed by atoms with E-state index in [-0.39, 0.29) is 24.6 Å². The quantitative estimate of drug-likeness (QED) is 0.712. The van der Waals surface area contributed by atoms with Crippen LogP contribution in [0.3, 0.4) is 0 Å². The molecule has 1 aromatic heterocycles. The number of anilines is 1. The molecule has 1 amide bonds. The van der Waals surface area contributed by atoms with E-state index in [0.29, 0.717) is 22.3 Å². The van der Waals surface area contributed by atoms with Crippen LogP contribution < -0.4 is 10.9 Å². The summed E-state index contributed by atoms with van der Waals surface area (Å²) < 4.78 is 6.30. The molecule has 1 N–H and O–H groups in total. The molecule has 3 rings (SSSR count). The molecule has 0 unspecified atom stereocenters. The number of fused-ring (bicyclic) bond motifs is 1. The van der Waals surface area contributed by atoms with Crippen LogP contribution in [0.5, 0.6) is 0 Å². The van der Waals surface area contributed by atoms with Crippen LogP contribution in [-0.2, 0) is 16.1 Å². The molecule has 2 aromatic carbocycles. The number of hydrogen-bond donors (Lipinski definition) is 1. The summed E-state index contributed by atoms with van der Waals surface area (Å²) in [6, 6.07) is 13.5. The Morgan fingerprint density at radius 3 is 2.77 bits per heavy atom. The molecule has 7 heteroatoms. The van der Waals surface area contributed by atoms with Crippen LogP contribution in [0.1, 0.15) is 17.3 Å². The van der Waals surface area contributed by atoms with Gasteiger partial charge in [-0.1, -0.05) is 18.2 Å². The zero-order chi connectivity index (χ0) is 18.5. The Hall–Kier alpha value is -3.48. The monoisotopic (exact) mass is 351 g/mol. The average Bonchev–Trinajstić information content (AvgIpc) is 2.64. The number of carbonyl (C=O) groups is 2. The minimum atomic E-state index is -0.458. The number of nitrogens with zero attached hydrogens (tertiary/aromatic N) is 2. The molecule has 0 saturated carbocycles. The number of hydrogen-bond acceptors (Lipinski definition) is 5. The van der Waals surface area contributed by atoms with Gasteiger partial charge in [0, 0.05) is 5.69 Å². The van der Waals surface area contributed by atoms with E-state index in [4.69, 9.17) is 4.74 Å². The van der Waals surface area contributed by atoms with Crippen LogP contribution in [0.15, 0.2) is 59.5 Å². The standard InChI is InChI=1S/C19H17N3O4/c1-2-26-19(25)13-6-5-7-14(10-13)21-17(23)12-22-16-9-4-3-8-15(16)20-11-18(22)24/h3-11H,2,12H2,1H3,(H,21,23). The average molecular weight is 351 g/mol. The summed E-state index contributed by atoms with van der Waals surface area (Å²) >= 11 is 0. The third-order valence-electron chi connectivity index (χ3n) is 3.71. The van der Waals surface area contributed by atoms with E-state index >= 15 is 0 Å². The third kappa shape index (κ3) is 3.77. The fourth-order valence-corrected chi connectivity index (χ4v) is 2.56. The number of aromatic nitrogens is 2. The second-order valence-electron chi connectivity index (χ2n) is 5.52. The summed E-state index contributed by atoms with van der Waals surface area (Å²) in [6.45, 7) is 1.83. The van der Waals surface area contributed by atoms with Gasteiger partial charge in [0.05, 0.1) is 29.4 Å². The molecule has 0 aliphatic carbocycles. The predicted octanol–water partition coefficient (Wildman–Crippen LogP) is 2.21.